The fourth-order valence-corrected chi connectivity index (χ4v) is 2.98. The van der Waals surface area contributed by atoms with E-state index in [9.17, 15) is 9.59 Å². The Morgan fingerprint density at radius 1 is 1.03 bits per heavy atom. The van der Waals surface area contributed by atoms with Gasteiger partial charge in [0.1, 0.15) is 17.2 Å². The maximum absolute atomic E-state index is 12.6. The Bertz CT molecular complexity index is 1120. The standard InChI is InChI=1S/C23H17NO5/c1-14-19(29-23(26)16-3-5-17(27-2)6-4-16)8-7-18-21(25)20(28-22(14)18)13-15-9-11-24-12-10-15/h3-13H,1-2H3/b20-13-. The van der Waals surface area contributed by atoms with Crippen molar-refractivity contribution in [1.82, 2.24) is 4.98 Å². The fourth-order valence-electron chi connectivity index (χ4n) is 2.98. The van der Waals surface area contributed by atoms with Crippen molar-refractivity contribution in [1.29, 1.82) is 0 Å². The van der Waals surface area contributed by atoms with E-state index in [2.05, 4.69) is 4.98 Å². The first-order chi connectivity index (χ1) is 14.1. The minimum atomic E-state index is -0.507. The number of carbonyl (C=O) groups is 2. The molecular weight excluding hydrogens is 370 g/mol. The van der Waals surface area contributed by atoms with Gasteiger partial charge in [0.15, 0.2) is 5.76 Å². The molecule has 0 radical (unpaired) electrons. The van der Waals surface area contributed by atoms with Gasteiger partial charge >= 0.3 is 5.97 Å². The van der Waals surface area contributed by atoms with Crippen LogP contribution in [0.2, 0.25) is 0 Å². The number of hydrogen-bond acceptors (Lipinski definition) is 6. The summed E-state index contributed by atoms with van der Waals surface area (Å²) in [7, 11) is 1.56. The summed E-state index contributed by atoms with van der Waals surface area (Å²) >= 11 is 0. The van der Waals surface area contributed by atoms with Gasteiger partial charge in [0, 0.05) is 18.0 Å². The molecule has 1 aliphatic rings. The van der Waals surface area contributed by atoms with Crippen LogP contribution < -0.4 is 14.2 Å². The Labute approximate surface area is 167 Å². The third kappa shape index (κ3) is 3.60. The molecule has 29 heavy (non-hydrogen) atoms. The van der Waals surface area contributed by atoms with Gasteiger partial charge in [-0.25, -0.2) is 4.79 Å². The van der Waals surface area contributed by atoms with Gasteiger partial charge in [0.05, 0.1) is 18.2 Å². The zero-order valence-electron chi connectivity index (χ0n) is 15.8. The van der Waals surface area contributed by atoms with E-state index in [1.54, 1.807) is 81.0 Å². The van der Waals surface area contributed by atoms with Gasteiger partial charge in [-0.3, -0.25) is 9.78 Å². The highest BCUT2D eigenvalue weighted by Crippen LogP contribution is 2.39. The molecule has 0 atom stereocenters. The summed E-state index contributed by atoms with van der Waals surface area (Å²) in [5.41, 5.74) is 2.21. The lowest BCUT2D eigenvalue weighted by molar-refractivity contribution is 0.0733. The third-order valence-electron chi connectivity index (χ3n) is 4.57. The molecule has 0 unspecified atom stereocenters. The van der Waals surface area contributed by atoms with Crippen LogP contribution in [0.5, 0.6) is 17.2 Å². The van der Waals surface area contributed by atoms with E-state index in [4.69, 9.17) is 14.2 Å². The van der Waals surface area contributed by atoms with E-state index in [1.165, 1.54) is 0 Å². The van der Waals surface area contributed by atoms with Crippen LogP contribution in [0.3, 0.4) is 0 Å². The van der Waals surface area contributed by atoms with Crippen LogP contribution in [0, 0.1) is 6.92 Å². The average molecular weight is 387 g/mol. The molecule has 0 amide bonds. The van der Waals surface area contributed by atoms with Crippen LogP contribution in [0.25, 0.3) is 6.08 Å². The van der Waals surface area contributed by atoms with Crippen LogP contribution in [-0.4, -0.2) is 23.8 Å². The Balaban J connectivity index is 1.58. The highest BCUT2D eigenvalue weighted by atomic mass is 16.5. The van der Waals surface area contributed by atoms with Crippen LogP contribution >= 0.6 is 0 Å². The minimum absolute atomic E-state index is 0.215. The van der Waals surface area contributed by atoms with Crippen molar-refractivity contribution < 1.29 is 23.8 Å². The molecule has 6 heteroatoms. The summed E-state index contributed by atoms with van der Waals surface area (Å²) in [6.45, 7) is 1.75. The molecular formula is C23H17NO5. The summed E-state index contributed by atoms with van der Waals surface area (Å²) in [5, 5.41) is 0. The summed E-state index contributed by atoms with van der Waals surface area (Å²) in [4.78, 5) is 29.0. The lowest BCUT2D eigenvalue weighted by Gasteiger charge is -2.10. The number of esters is 1. The summed E-state index contributed by atoms with van der Waals surface area (Å²) < 4.78 is 16.4. The topological polar surface area (TPSA) is 74.7 Å². The largest absolute Gasteiger partial charge is 0.497 e. The van der Waals surface area contributed by atoms with E-state index in [0.717, 1.165) is 5.56 Å². The van der Waals surface area contributed by atoms with Crippen molar-refractivity contribution in [3.8, 4) is 17.2 Å². The lowest BCUT2D eigenvalue weighted by atomic mass is 10.1. The van der Waals surface area contributed by atoms with Crippen molar-refractivity contribution in [3.63, 3.8) is 0 Å². The number of benzene rings is 2. The van der Waals surface area contributed by atoms with Crippen molar-refractivity contribution in [3.05, 3.63) is 88.9 Å². The monoisotopic (exact) mass is 387 g/mol. The van der Waals surface area contributed by atoms with Gasteiger partial charge in [0.2, 0.25) is 5.78 Å². The first-order valence-electron chi connectivity index (χ1n) is 8.91. The molecule has 2 heterocycles. The van der Waals surface area contributed by atoms with Crippen molar-refractivity contribution >= 4 is 17.8 Å². The minimum Gasteiger partial charge on any atom is -0.497 e. The van der Waals surface area contributed by atoms with Crippen molar-refractivity contribution in [2.24, 2.45) is 0 Å². The average Bonchev–Trinajstić information content (AvgIpc) is 3.07. The van der Waals surface area contributed by atoms with E-state index < -0.39 is 5.97 Å². The second-order valence-electron chi connectivity index (χ2n) is 6.40. The molecule has 1 aliphatic heterocycles. The predicted octanol–water partition coefficient (Wildman–Crippen LogP) is 4.23. The van der Waals surface area contributed by atoms with Crippen LogP contribution in [0.4, 0.5) is 0 Å². The van der Waals surface area contributed by atoms with Gasteiger partial charge in [-0.15, -0.1) is 0 Å². The molecule has 0 N–H and O–H groups in total. The molecule has 4 rings (SSSR count). The number of Topliss-reactive ketones (excluding diaryl/α,β-unsaturated/α-hetero) is 1. The molecule has 0 aliphatic carbocycles. The number of hydrogen-bond donors (Lipinski definition) is 0. The Kier molecular flexibility index (Phi) is 4.83. The van der Waals surface area contributed by atoms with Crippen LogP contribution in [0.1, 0.15) is 31.8 Å². The van der Waals surface area contributed by atoms with Gasteiger partial charge in [-0.05, 0) is 67.1 Å². The second-order valence-corrected chi connectivity index (χ2v) is 6.40. The van der Waals surface area contributed by atoms with Crippen LogP contribution in [-0.2, 0) is 0 Å². The number of rotatable bonds is 4. The smallest absolute Gasteiger partial charge is 0.343 e. The maximum atomic E-state index is 12.6. The van der Waals surface area contributed by atoms with E-state index >= 15 is 0 Å². The zero-order chi connectivity index (χ0) is 20.4. The highest BCUT2D eigenvalue weighted by Gasteiger charge is 2.30. The van der Waals surface area contributed by atoms with Gasteiger partial charge < -0.3 is 14.2 Å². The highest BCUT2D eigenvalue weighted by molar-refractivity contribution is 6.15. The first kappa shape index (κ1) is 18.4. The number of fused-ring (bicyclic) bond motifs is 1. The molecule has 0 bridgehead atoms. The number of nitrogens with zero attached hydrogens (tertiary/aromatic N) is 1. The third-order valence-corrected chi connectivity index (χ3v) is 4.57. The Morgan fingerprint density at radius 3 is 2.45 bits per heavy atom. The molecule has 0 spiro atoms. The lowest BCUT2D eigenvalue weighted by Crippen LogP contribution is -2.09. The Hall–Kier alpha value is -3.93. The quantitative estimate of drug-likeness (QED) is 0.379. The molecule has 1 aromatic heterocycles. The first-order valence-corrected chi connectivity index (χ1v) is 8.91. The molecule has 144 valence electrons. The molecule has 2 aromatic carbocycles. The van der Waals surface area contributed by atoms with Crippen LogP contribution in [0.15, 0.2) is 66.7 Å². The normalized spacial score (nSPS) is 13.7. The predicted molar refractivity (Wildman–Crippen MR) is 106 cm³/mol. The Morgan fingerprint density at radius 2 is 1.76 bits per heavy atom. The molecule has 0 fully saturated rings. The van der Waals surface area contributed by atoms with E-state index in [-0.39, 0.29) is 11.5 Å². The summed E-state index contributed by atoms with van der Waals surface area (Å²) in [5.74, 6) is 0.877. The molecule has 6 nitrogen and oxygen atoms in total. The number of pyridine rings is 1. The van der Waals surface area contributed by atoms with Gasteiger partial charge in [0.25, 0.3) is 0 Å². The van der Waals surface area contributed by atoms with E-state index in [0.29, 0.717) is 33.9 Å². The number of carbonyl (C=O) groups excluding carboxylic acids is 2. The SMILES string of the molecule is COc1ccc(C(=O)Oc2ccc3c(c2C)O/C(=C\c2ccncc2)C3=O)cc1. The fraction of sp³-hybridized carbons (Fsp3) is 0.0870. The molecule has 0 saturated carbocycles. The molecule has 0 saturated heterocycles. The molecule has 3 aromatic rings. The number of methoxy groups -OCH3 is 1. The van der Waals surface area contributed by atoms with Gasteiger partial charge in [-0.1, -0.05) is 0 Å². The number of ketones is 1. The van der Waals surface area contributed by atoms with E-state index in [1.807, 2.05) is 0 Å². The second kappa shape index (κ2) is 7.59. The van der Waals surface area contributed by atoms with Gasteiger partial charge in [-0.2, -0.15) is 0 Å². The number of allylic oxidation sites excluding steroid dienone is 1. The van der Waals surface area contributed by atoms with Crippen molar-refractivity contribution in [2.75, 3.05) is 7.11 Å². The summed E-state index contributed by atoms with van der Waals surface area (Å²) in [6.07, 6.45) is 4.94. The zero-order valence-corrected chi connectivity index (χ0v) is 15.8. The maximum Gasteiger partial charge on any atom is 0.343 e. The number of aromatic nitrogens is 1. The summed E-state index contributed by atoms with van der Waals surface area (Å²) in [6, 6.07) is 13.4. The number of ether oxygens (including phenoxy) is 3. The van der Waals surface area contributed by atoms with Crippen molar-refractivity contribution in [2.45, 2.75) is 6.92 Å².